The van der Waals surface area contributed by atoms with E-state index in [1.807, 2.05) is 0 Å². The van der Waals surface area contributed by atoms with E-state index in [1.165, 1.54) is 16.2 Å². The minimum atomic E-state index is 0.0556. The van der Waals surface area contributed by atoms with Gasteiger partial charge in [0, 0.05) is 0 Å². The predicted octanol–water partition coefficient (Wildman–Crippen LogP) is -0.889. The van der Waals surface area contributed by atoms with Crippen LogP contribution in [0.3, 0.4) is 0 Å². The molecule has 4 heteroatoms. The van der Waals surface area contributed by atoms with Crippen LogP contribution in [0.4, 0.5) is 0 Å². The van der Waals surface area contributed by atoms with Crippen molar-refractivity contribution in [1.82, 2.24) is 0 Å². The van der Waals surface area contributed by atoms with E-state index < -0.39 is 0 Å². The molecule has 0 radical (unpaired) electrons. The van der Waals surface area contributed by atoms with Gasteiger partial charge in [-0.05, 0) is 0 Å². The Bertz CT molecular complexity index is 8.00. The predicted molar refractivity (Wildman–Crippen MR) is 8.52 cm³/mol. The Labute approximate surface area is 47.5 Å². The van der Waals surface area contributed by atoms with Gasteiger partial charge in [0.2, 0.25) is 0 Å². The Hall–Kier alpha value is 1.02. The maximum absolute atomic E-state index is 8.39. The summed E-state index contributed by atoms with van der Waals surface area (Å²) in [5.41, 5.74) is 0. The fourth-order valence-electron chi connectivity index (χ4n) is 0. The fourth-order valence-corrected chi connectivity index (χ4v) is 0. The van der Waals surface area contributed by atoms with Crippen molar-refractivity contribution in [3.63, 3.8) is 0 Å². The van der Waals surface area contributed by atoms with Crippen LogP contribution in [0.5, 0.6) is 0 Å². The molecule has 0 unspecified atom stereocenters. The van der Waals surface area contributed by atoms with E-state index in [0.29, 0.717) is 0 Å². The Morgan fingerprint density at radius 1 is 1.25 bits per heavy atom. The van der Waals surface area contributed by atoms with Crippen molar-refractivity contribution in [3.05, 3.63) is 0 Å². The normalized spacial score (nSPS) is 2.00. The maximum atomic E-state index is 8.39. The number of hydrogen-bond acceptors (Lipinski definition) is 2. The number of hydrogen-bond donors (Lipinski definition) is 0. The molecule has 0 bridgehead atoms. The minimum absolute atomic E-state index is 0.0556. The molecule has 24 valence electrons. The molecule has 0 heterocycles. The molecule has 4 heavy (non-hydrogen) atoms. The van der Waals surface area contributed by atoms with Gasteiger partial charge >= 0.3 is 47.6 Å². The van der Waals surface area contributed by atoms with E-state index in [2.05, 4.69) is 0 Å². The second kappa shape index (κ2) is 35.4. The fraction of sp³-hybridized carbons (Fsp3) is 0. The third-order valence-electron chi connectivity index (χ3n) is 0. The van der Waals surface area contributed by atoms with Crippen molar-refractivity contribution in [2.45, 2.75) is 0 Å². The molecule has 0 N–H and O–H groups in total. The molecule has 0 saturated carbocycles. The Kier molecular flexibility index (Phi) is 78.7. The summed E-state index contributed by atoms with van der Waals surface area (Å²) in [5, 5.41) is 0. The number of rotatable bonds is 0. The monoisotopic (exact) mass is 294 g/mol. The van der Waals surface area contributed by atoms with Crippen molar-refractivity contribution in [2.24, 2.45) is 0 Å². The topological polar surface area (TPSA) is 34.1 Å². The van der Waals surface area contributed by atoms with E-state index in [1.54, 1.807) is 0 Å². The molecule has 0 amide bonds. The molecule has 0 aliphatic heterocycles. The van der Waals surface area contributed by atoms with Crippen molar-refractivity contribution in [2.75, 3.05) is 0 Å². The molecule has 0 atom stereocenters. The van der Waals surface area contributed by atoms with Gasteiger partial charge in [0.1, 0.15) is 0 Å². The first-order chi connectivity index (χ1) is 2.00. The van der Waals surface area contributed by atoms with Crippen LogP contribution in [0.15, 0.2) is 0 Å². The standard InChI is InChI=1S/Bi.Cr.2O.H. The van der Waals surface area contributed by atoms with E-state index in [-0.39, 0.29) is 24.7 Å². The van der Waals surface area contributed by atoms with E-state index in [9.17, 15) is 0 Å². The van der Waals surface area contributed by atoms with Gasteiger partial charge in [0.25, 0.3) is 0 Å². The first-order valence-electron chi connectivity index (χ1n) is 0.371. The third kappa shape index (κ3) is 11.9. The van der Waals surface area contributed by atoms with E-state index in [0.717, 1.165) is 0 Å². The van der Waals surface area contributed by atoms with Crippen LogP contribution in [0.2, 0.25) is 0 Å². The van der Waals surface area contributed by atoms with Gasteiger partial charge in [-0.15, -0.1) is 0 Å². The van der Waals surface area contributed by atoms with Gasteiger partial charge in [-0.2, -0.15) is 0 Å². The van der Waals surface area contributed by atoms with Crippen LogP contribution >= 0.6 is 0 Å². The van der Waals surface area contributed by atoms with Crippen LogP contribution in [0, 0.1) is 0 Å². The van der Waals surface area contributed by atoms with Gasteiger partial charge < -0.3 is 0 Å². The Morgan fingerprint density at radius 3 is 1.25 bits per heavy atom. The van der Waals surface area contributed by atoms with Crippen molar-refractivity contribution in [1.29, 1.82) is 0 Å². The SMILES string of the molecule is [O]=[BiH].[O]=[Cr]. The summed E-state index contributed by atoms with van der Waals surface area (Å²) in [5.74, 6) is 0. The van der Waals surface area contributed by atoms with Crippen LogP contribution in [0.1, 0.15) is 0 Å². The van der Waals surface area contributed by atoms with Gasteiger partial charge in [0.15, 0.2) is 0 Å². The molecule has 0 aliphatic carbocycles. The summed E-state index contributed by atoms with van der Waals surface area (Å²) in [6.07, 6.45) is 0. The van der Waals surface area contributed by atoms with E-state index >= 15 is 0 Å². The Morgan fingerprint density at radius 2 is 1.25 bits per heavy atom. The van der Waals surface area contributed by atoms with E-state index in [4.69, 9.17) is 6.62 Å². The second-order valence-corrected chi connectivity index (χ2v) is 0. The van der Waals surface area contributed by atoms with Crippen molar-refractivity contribution in [3.8, 4) is 0 Å². The molecule has 0 spiro atoms. The van der Waals surface area contributed by atoms with Crippen LogP contribution in [-0.4, -0.2) is 24.7 Å². The van der Waals surface area contributed by atoms with Crippen LogP contribution in [-0.2, 0) is 22.8 Å². The summed E-state index contributed by atoms with van der Waals surface area (Å²) in [4.78, 5) is 0. The van der Waals surface area contributed by atoms with Crippen molar-refractivity contribution < 1.29 is 22.8 Å². The quantitative estimate of drug-likeness (QED) is 0.543. The molecular formula is HBiCrO2. The summed E-state index contributed by atoms with van der Waals surface area (Å²) in [6.45, 7) is 0. The summed E-state index contributed by atoms with van der Waals surface area (Å²) in [7, 11) is 0. The van der Waals surface area contributed by atoms with Gasteiger partial charge in [0.05, 0.1) is 0 Å². The summed E-state index contributed by atoms with van der Waals surface area (Å²) in [6, 6.07) is 0. The zero-order valence-electron chi connectivity index (χ0n) is 1.72. The Balaban J connectivity index is 0. The molecule has 0 rings (SSSR count). The molecule has 2 nitrogen and oxygen atoms in total. The average molecular weight is 294 g/mol. The molecule has 0 aromatic carbocycles. The second-order valence-electron chi connectivity index (χ2n) is 0. The zero-order valence-corrected chi connectivity index (χ0v) is 6.89. The van der Waals surface area contributed by atoms with Gasteiger partial charge in [-0.25, -0.2) is 0 Å². The molecule has 0 fully saturated rings. The molecule has 0 aromatic heterocycles. The molecule has 0 aromatic rings. The van der Waals surface area contributed by atoms with Gasteiger partial charge in [-0.3, -0.25) is 0 Å². The van der Waals surface area contributed by atoms with Crippen LogP contribution < -0.4 is 0 Å². The molecular weight excluding hydrogens is 293 g/mol. The molecule has 0 saturated heterocycles. The molecule has 0 aliphatic rings. The zero-order chi connectivity index (χ0) is 4.00. The van der Waals surface area contributed by atoms with Gasteiger partial charge in [-0.1, -0.05) is 0 Å². The van der Waals surface area contributed by atoms with Crippen LogP contribution in [0.25, 0.3) is 0 Å². The van der Waals surface area contributed by atoms with Crippen molar-refractivity contribution >= 4 is 24.7 Å². The first-order valence-corrected chi connectivity index (χ1v) is 2.48. The third-order valence-corrected chi connectivity index (χ3v) is 0. The first kappa shape index (κ1) is 8.89. The summed E-state index contributed by atoms with van der Waals surface area (Å²) < 4.78 is 16.5. The summed E-state index contributed by atoms with van der Waals surface area (Å²) >= 11 is 1.43. The average Bonchev–Trinajstić information content (AvgIpc) is 1.50.